The summed E-state index contributed by atoms with van der Waals surface area (Å²) < 4.78 is 1.71. The molecule has 0 amide bonds. The van der Waals surface area contributed by atoms with Crippen molar-refractivity contribution < 1.29 is 0 Å². The summed E-state index contributed by atoms with van der Waals surface area (Å²) in [4.78, 5) is 4.48. The maximum absolute atomic E-state index is 5.56. The molecule has 1 aliphatic rings. The Kier molecular flexibility index (Phi) is 1.17. The van der Waals surface area contributed by atoms with E-state index < -0.39 is 0 Å². The van der Waals surface area contributed by atoms with Crippen molar-refractivity contribution in [1.29, 1.82) is 0 Å². The number of rotatable bonds is 1. The van der Waals surface area contributed by atoms with E-state index in [1.165, 1.54) is 18.5 Å². The van der Waals surface area contributed by atoms with Crippen LogP contribution in [0.3, 0.4) is 0 Å². The molecule has 0 aromatic carbocycles. The smallest absolute Gasteiger partial charge is 0.157 e. The van der Waals surface area contributed by atoms with E-state index in [-0.39, 0.29) is 0 Å². The van der Waals surface area contributed by atoms with Crippen LogP contribution in [0, 0.1) is 0 Å². The molecular weight excluding hydrogens is 164 g/mol. The molecule has 0 bridgehead atoms. The summed E-state index contributed by atoms with van der Waals surface area (Å²) in [6.07, 6.45) is 4.46. The normalized spacial score (nSPS) is 16.6. The summed E-state index contributed by atoms with van der Waals surface area (Å²) >= 11 is 0. The highest BCUT2D eigenvalue weighted by Crippen LogP contribution is 2.38. The molecule has 1 aliphatic carbocycles. The second kappa shape index (κ2) is 2.22. The average Bonchev–Trinajstić information content (AvgIpc) is 2.87. The van der Waals surface area contributed by atoms with E-state index in [2.05, 4.69) is 10.1 Å². The summed E-state index contributed by atoms with van der Waals surface area (Å²) in [5.41, 5.74) is 7.58. The Morgan fingerprint density at radius 1 is 1.46 bits per heavy atom. The Balaban J connectivity index is 2.20. The summed E-state index contributed by atoms with van der Waals surface area (Å²) in [6, 6.07) is 3.82. The fourth-order valence-corrected chi connectivity index (χ4v) is 1.52. The number of nitrogen functional groups attached to an aromatic ring is 1. The molecule has 2 heterocycles. The number of fused-ring (bicyclic) bond motifs is 1. The minimum Gasteiger partial charge on any atom is -0.382 e. The predicted octanol–water partition coefficient (Wildman–Crippen LogP) is 1.19. The molecule has 3 rings (SSSR count). The fourth-order valence-electron chi connectivity index (χ4n) is 1.52. The molecular formula is C9H10N4. The van der Waals surface area contributed by atoms with E-state index in [4.69, 9.17) is 5.73 Å². The minimum absolute atomic E-state index is 0.528. The molecule has 4 heteroatoms. The number of hydrogen-bond donors (Lipinski definition) is 1. The van der Waals surface area contributed by atoms with Crippen LogP contribution in [0.4, 0.5) is 5.82 Å². The number of hydrogen-bond acceptors (Lipinski definition) is 3. The third-order valence-electron chi connectivity index (χ3n) is 2.36. The van der Waals surface area contributed by atoms with E-state index in [0.29, 0.717) is 11.7 Å². The second-order valence-electron chi connectivity index (χ2n) is 3.50. The monoisotopic (exact) mass is 174 g/mol. The summed E-state index contributed by atoms with van der Waals surface area (Å²) in [5.74, 6) is 1.21. The van der Waals surface area contributed by atoms with Gasteiger partial charge >= 0.3 is 0 Å². The molecule has 1 fully saturated rings. The van der Waals surface area contributed by atoms with E-state index in [9.17, 15) is 0 Å². The Morgan fingerprint density at radius 2 is 2.31 bits per heavy atom. The largest absolute Gasteiger partial charge is 0.382 e. The Labute approximate surface area is 75.4 Å². The Hall–Kier alpha value is -1.58. The molecule has 0 saturated heterocycles. The second-order valence-corrected chi connectivity index (χ2v) is 3.50. The highest BCUT2D eigenvalue weighted by Gasteiger charge is 2.25. The Bertz CT molecular complexity index is 456. The lowest BCUT2D eigenvalue weighted by molar-refractivity contribution is 0.912. The van der Waals surface area contributed by atoms with Gasteiger partial charge in [0, 0.05) is 23.9 Å². The molecule has 0 aliphatic heterocycles. The first-order valence-electron chi connectivity index (χ1n) is 4.45. The van der Waals surface area contributed by atoms with Gasteiger partial charge in [-0.2, -0.15) is 0 Å². The zero-order valence-corrected chi connectivity index (χ0v) is 7.14. The van der Waals surface area contributed by atoms with Crippen molar-refractivity contribution in [2.45, 2.75) is 18.8 Å². The summed E-state index contributed by atoms with van der Waals surface area (Å²) in [7, 11) is 0. The number of anilines is 1. The van der Waals surface area contributed by atoms with Gasteiger partial charge in [0.05, 0.1) is 0 Å². The van der Waals surface area contributed by atoms with Crippen LogP contribution in [0.5, 0.6) is 0 Å². The number of nitrogens with two attached hydrogens (primary N) is 1. The summed E-state index contributed by atoms with van der Waals surface area (Å²) in [5, 5.41) is 4.07. The lowest BCUT2D eigenvalue weighted by Gasteiger charge is -1.96. The van der Waals surface area contributed by atoms with Gasteiger partial charge in [0.2, 0.25) is 0 Å². The molecule has 2 aromatic rings. The molecule has 0 unspecified atom stereocenters. The first-order chi connectivity index (χ1) is 6.33. The number of nitrogens with zero attached hydrogens (tertiary/aromatic N) is 3. The van der Waals surface area contributed by atoms with Crippen LogP contribution in [-0.4, -0.2) is 14.6 Å². The van der Waals surface area contributed by atoms with Crippen molar-refractivity contribution in [3.05, 3.63) is 24.0 Å². The molecule has 2 aromatic heterocycles. The topological polar surface area (TPSA) is 56.2 Å². The van der Waals surface area contributed by atoms with Crippen molar-refractivity contribution in [1.82, 2.24) is 14.6 Å². The lowest BCUT2D eigenvalue weighted by Crippen LogP contribution is -1.93. The standard InChI is InChI=1S/C9H10N4/c10-8-5-9-11-7(6-1-2-6)3-4-13(9)12-8/h3-6H,1-2H2,(H2,10,12). The van der Waals surface area contributed by atoms with Crippen LogP contribution in [-0.2, 0) is 0 Å². The molecule has 0 spiro atoms. The third kappa shape index (κ3) is 1.06. The van der Waals surface area contributed by atoms with Crippen LogP contribution in [0.2, 0.25) is 0 Å². The van der Waals surface area contributed by atoms with E-state index >= 15 is 0 Å². The quantitative estimate of drug-likeness (QED) is 0.706. The number of aromatic nitrogens is 3. The van der Waals surface area contributed by atoms with Gasteiger partial charge < -0.3 is 5.73 Å². The van der Waals surface area contributed by atoms with Crippen molar-refractivity contribution in [3.63, 3.8) is 0 Å². The van der Waals surface area contributed by atoms with Gasteiger partial charge in [-0.15, -0.1) is 5.10 Å². The van der Waals surface area contributed by atoms with Crippen molar-refractivity contribution in [2.24, 2.45) is 0 Å². The maximum atomic E-state index is 5.56. The van der Waals surface area contributed by atoms with Crippen molar-refractivity contribution >= 4 is 11.5 Å². The van der Waals surface area contributed by atoms with Gasteiger partial charge in [-0.3, -0.25) is 0 Å². The molecule has 13 heavy (non-hydrogen) atoms. The van der Waals surface area contributed by atoms with Gasteiger partial charge in [0.25, 0.3) is 0 Å². The predicted molar refractivity (Wildman–Crippen MR) is 49.4 cm³/mol. The highest BCUT2D eigenvalue weighted by atomic mass is 15.3. The molecule has 2 N–H and O–H groups in total. The molecule has 66 valence electrons. The van der Waals surface area contributed by atoms with Gasteiger partial charge in [-0.05, 0) is 18.9 Å². The zero-order valence-electron chi connectivity index (χ0n) is 7.14. The first kappa shape index (κ1) is 6.88. The summed E-state index contributed by atoms with van der Waals surface area (Å²) in [6.45, 7) is 0. The van der Waals surface area contributed by atoms with Gasteiger partial charge in [0.15, 0.2) is 5.65 Å². The van der Waals surface area contributed by atoms with Gasteiger partial charge in [0.1, 0.15) is 5.82 Å². The van der Waals surface area contributed by atoms with E-state index in [1.807, 2.05) is 12.3 Å². The van der Waals surface area contributed by atoms with Crippen molar-refractivity contribution in [2.75, 3.05) is 5.73 Å². The Morgan fingerprint density at radius 3 is 3.08 bits per heavy atom. The molecule has 4 nitrogen and oxygen atoms in total. The highest BCUT2D eigenvalue weighted by molar-refractivity contribution is 5.48. The zero-order chi connectivity index (χ0) is 8.84. The van der Waals surface area contributed by atoms with Crippen LogP contribution >= 0.6 is 0 Å². The maximum Gasteiger partial charge on any atom is 0.157 e. The fraction of sp³-hybridized carbons (Fsp3) is 0.333. The molecule has 0 radical (unpaired) electrons. The van der Waals surface area contributed by atoms with E-state index in [0.717, 1.165) is 5.65 Å². The van der Waals surface area contributed by atoms with Gasteiger partial charge in [-0.25, -0.2) is 9.50 Å². The van der Waals surface area contributed by atoms with Crippen LogP contribution in [0.25, 0.3) is 5.65 Å². The van der Waals surface area contributed by atoms with Crippen LogP contribution < -0.4 is 5.73 Å². The average molecular weight is 174 g/mol. The van der Waals surface area contributed by atoms with Gasteiger partial charge in [-0.1, -0.05) is 0 Å². The van der Waals surface area contributed by atoms with Crippen LogP contribution in [0.1, 0.15) is 24.5 Å². The third-order valence-corrected chi connectivity index (χ3v) is 2.36. The van der Waals surface area contributed by atoms with Crippen LogP contribution in [0.15, 0.2) is 18.3 Å². The first-order valence-corrected chi connectivity index (χ1v) is 4.45. The van der Waals surface area contributed by atoms with E-state index in [1.54, 1.807) is 10.6 Å². The lowest BCUT2D eigenvalue weighted by atomic mass is 10.3. The minimum atomic E-state index is 0.528. The van der Waals surface area contributed by atoms with Crippen molar-refractivity contribution in [3.8, 4) is 0 Å². The SMILES string of the molecule is Nc1cc2nc(C3CC3)ccn2n1. The molecule has 0 atom stereocenters. The molecule has 1 saturated carbocycles.